The van der Waals surface area contributed by atoms with Gasteiger partial charge in [-0.25, -0.2) is 0 Å². The number of β-amino-alcohol motifs (C(OH)–C–C–N with tert-alkyl or cyclic N) is 1. The van der Waals surface area contributed by atoms with Crippen LogP contribution in [0.2, 0.25) is 0 Å². The average molecular weight is 320 g/mol. The van der Waals surface area contributed by atoms with E-state index in [-0.39, 0.29) is 36.3 Å². The van der Waals surface area contributed by atoms with Crippen molar-refractivity contribution in [3.63, 3.8) is 0 Å². The fourth-order valence-electron chi connectivity index (χ4n) is 2.95. The quantitative estimate of drug-likeness (QED) is 0.683. The van der Waals surface area contributed by atoms with Gasteiger partial charge in [-0.05, 0) is 25.7 Å². The summed E-state index contributed by atoms with van der Waals surface area (Å²) >= 11 is 0. The lowest BCUT2D eigenvalue weighted by Crippen LogP contribution is -2.53. The fraction of sp³-hybridized carbons (Fsp3) is 0.857. The van der Waals surface area contributed by atoms with Crippen molar-refractivity contribution >= 4 is 24.2 Å². The lowest BCUT2D eigenvalue weighted by molar-refractivity contribution is -0.135. The summed E-state index contributed by atoms with van der Waals surface area (Å²) < 4.78 is 0. The van der Waals surface area contributed by atoms with Gasteiger partial charge in [-0.3, -0.25) is 9.59 Å². The SMILES string of the molecule is CCCC(=O)NC1CCCN(C(=O)C2CC(O)CN2)C1.Cl. The molecule has 3 N–H and O–H groups in total. The van der Waals surface area contributed by atoms with E-state index < -0.39 is 6.10 Å². The molecule has 0 aliphatic carbocycles. The molecule has 0 bridgehead atoms. The number of carbonyl (C=O) groups excluding carboxylic acids is 2. The molecule has 3 unspecified atom stereocenters. The lowest BCUT2D eigenvalue weighted by Gasteiger charge is -2.34. The van der Waals surface area contributed by atoms with Gasteiger partial charge in [-0.2, -0.15) is 0 Å². The highest BCUT2D eigenvalue weighted by molar-refractivity contribution is 5.85. The first-order valence-electron chi connectivity index (χ1n) is 7.59. The molecule has 0 aromatic carbocycles. The molecule has 7 heteroatoms. The van der Waals surface area contributed by atoms with Gasteiger partial charge < -0.3 is 20.6 Å². The largest absolute Gasteiger partial charge is 0.392 e. The van der Waals surface area contributed by atoms with Crippen LogP contribution < -0.4 is 10.6 Å². The van der Waals surface area contributed by atoms with Crippen LogP contribution in [0.25, 0.3) is 0 Å². The van der Waals surface area contributed by atoms with Gasteiger partial charge in [0.2, 0.25) is 11.8 Å². The van der Waals surface area contributed by atoms with Gasteiger partial charge in [0.25, 0.3) is 0 Å². The molecule has 2 amide bonds. The number of aliphatic hydroxyl groups is 1. The Hall–Kier alpha value is -0.850. The average Bonchev–Trinajstić information content (AvgIpc) is 2.85. The number of aliphatic hydroxyl groups excluding tert-OH is 1. The predicted molar refractivity (Wildman–Crippen MR) is 82.3 cm³/mol. The van der Waals surface area contributed by atoms with Gasteiger partial charge in [0, 0.05) is 32.1 Å². The highest BCUT2D eigenvalue weighted by Gasteiger charge is 2.33. The Morgan fingerprint density at radius 3 is 2.81 bits per heavy atom. The van der Waals surface area contributed by atoms with E-state index in [1.807, 2.05) is 11.8 Å². The molecule has 2 heterocycles. The molecular formula is C14H26ClN3O3. The van der Waals surface area contributed by atoms with Crippen LogP contribution in [-0.2, 0) is 9.59 Å². The number of nitrogens with zero attached hydrogens (tertiary/aromatic N) is 1. The van der Waals surface area contributed by atoms with Crippen LogP contribution in [0.15, 0.2) is 0 Å². The summed E-state index contributed by atoms with van der Waals surface area (Å²) in [5.74, 6) is 0.122. The second-order valence-corrected chi connectivity index (χ2v) is 5.79. The molecule has 0 aromatic rings. The number of rotatable bonds is 4. The summed E-state index contributed by atoms with van der Waals surface area (Å²) in [4.78, 5) is 25.8. The van der Waals surface area contributed by atoms with E-state index in [0.717, 1.165) is 25.8 Å². The second-order valence-electron chi connectivity index (χ2n) is 5.79. The fourth-order valence-corrected chi connectivity index (χ4v) is 2.95. The number of piperidine rings is 1. The normalized spacial score (nSPS) is 28.9. The first kappa shape index (κ1) is 18.2. The van der Waals surface area contributed by atoms with Crippen molar-refractivity contribution < 1.29 is 14.7 Å². The molecule has 3 atom stereocenters. The first-order chi connectivity index (χ1) is 9.60. The van der Waals surface area contributed by atoms with Crippen LogP contribution >= 0.6 is 12.4 Å². The van der Waals surface area contributed by atoms with Gasteiger partial charge in [0.15, 0.2) is 0 Å². The molecule has 0 spiro atoms. The highest BCUT2D eigenvalue weighted by atomic mass is 35.5. The Labute approximate surface area is 132 Å². The van der Waals surface area contributed by atoms with Crippen molar-refractivity contribution in [3.05, 3.63) is 0 Å². The number of hydrogen-bond donors (Lipinski definition) is 3. The summed E-state index contributed by atoms with van der Waals surface area (Å²) in [6, 6.07) is -0.201. The van der Waals surface area contributed by atoms with E-state index in [1.165, 1.54) is 0 Å². The monoisotopic (exact) mass is 319 g/mol. The number of carbonyl (C=O) groups is 2. The minimum absolute atomic E-state index is 0. The highest BCUT2D eigenvalue weighted by Crippen LogP contribution is 2.15. The van der Waals surface area contributed by atoms with Crippen molar-refractivity contribution in [1.29, 1.82) is 0 Å². The van der Waals surface area contributed by atoms with Gasteiger partial charge in [-0.15, -0.1) is 12.4 Å². The third-order valence-electron chi connectivity index (χ3n) is 3.98. The summed E-state index contributed by atoms with van der Waals surface area (Å²) in [5, 5.41) is 15.5. The molecule has 2 aliphatic rings. The van der Waals surface area contributed by atoms with Crippen molar-refractivity contribution in [2.24, 2.45) is 0 Å². The molecule has 0 aromatic heterocycles. The van der Waals surface area contributed by atoms with Gasteiger partial charge in [-0.1, -0.05) is 6.92 Å². The molecular weight excluding hydrogens is 294 g/mol. The Kier molecular flexibility index (Phi) is 7.42. The Bertz CT molecular complexity index is 367. The number of nitrogens with one attached hydrogen (secondary N) is 2. The molecule has 2 fully saturated rings. The van der Waals surface area contributed by atoms with Crippen LogP contribution in [-0.4, -0.2) is 59.6 Å². The van der Waals surface area contributed by atoms with Gasteiger partial charge >= 0.3 is 0 Å². The van der Waals surface area contributed by atoms with Crippen LogP contribution in [0.5, 0.6) is 0 Å². The molecule has 2 aliphatic heterocycles. The van der Waals surface area contributed by atoms with Crippen molar-refractivity contribution in [3.8, 4) is 0 Å². The molecule has 0 radical (unpaired) electrons. The van der Waals surface area contributed by atoms with Crippen LogP contribution in [0.4, 0.5) is 0 Å². The third kappa shape index (κ3) is 5.13. The molecule has 2 rings (SSSR count). The molecule has 122 valence electrons. The summed E-state index contributed by atoms with van der Waals surface area (Å²) in [5.41, 5.74) is 0. The maximum atomic E-state index is 12.3. The number of hydrogen-bond acceptors (Lipinski definition) is 4. The van der Waals surface area contributed by atoms with Crippen molar-refractivity contribution in [2.75, 3.05) is 19.6 Å². The zero-order valence-electron chi connectivity index (χ0n) is 12.5. The summed E-state index contributed by atoms with van der Waals surface area (Å²) in [6.45, 7) is 3.80. The Balaban J connectivity index is 0.00000220. The minimum Gasteiger partial charge on any atom is -0.392 e. The first-order valence-corrected chi connectivity index (χ1v) is 7.59. The van der Waals surface area contributed by atoms with Gasteiger partial charge in [0.05, 0.1) is 12.1 Å². The minimum atomic E-state index is -0.422. The number of halogens is 1. The number of amides is 2. The van der Waals surface area contributed by atoms with E-state index in [9.17, 15) is 14.7 Å². The smallest absolute Gasteiger partial charge is 0.239 e. The number of likely N-dealkylation sites (tertiary alicyclic amines) is 1. The summed E-state index contributed by atoms with van der Waals surface area (Å²) in [6.07, 6.45) is 3.29. The zero-order valence-corrected chi connectivity index (χ0v) is 13.3. The Morgan fingerprint density at radius 1 is 1.43 bits per heavy atom. The van der Waals surface area contributed by atoms with Crippen molar-refractivity contribution in [1.82, 2.24) is 15.5 Å². The Morgan fingerprint density at radius 2 is 2.19 bits per heavy atom. The molecule has 2 saturated heterocycles. The van der Waals surface area contributed by atoms with E-state index in [1.54, 1.807) is 0 Å². The van der Waals surface area contributed by atoms with E-state index in [4.69, 9.17) is 0 Å². The van der Waals surface area contributed by atoms with E-state index in [2.05, 4.69) is 10.6 Å². The predicted octanol–water partition coefficient (Wildman–Crippen LogP) is 0.0383. The molecule has 21 heavy (non-hydrogen) atoms. The summed E-state index contributed by atoms with van der Waals surface area (Å²) in [7, 11) is 0. The van der Waals surface area contributed by atoms with Crippen LogP contribution in [0, 0.1) is 0 Å². The van der Waals surface area contributed by atoms with Crippen LogP contribution in [0.1, 0.15) is 39.0 Å². The van der Waals surface area contributed by atoms with E-state index >= 15 is 0 Å². The van der Waals surface area contributed by atoms with Crippen molar-refractivity contribution in [2.45, 2.75) is 57.2 Å². The molecule has 6 nitrogen and oxygen atoms in total. The maximum Gasteiger partial charge on any atom is 0.239 e. The zero-order chi connectivity index (χ0) is 14.5. The maximum absolute atomic E-state index is 12.3. The lowest BCUT2D eigenvalue weighted by atomic mass is 10.0. The molecule has 0 saturated carbocycles. The van der Waals surface area contributed by atoms with Gasteiger partial charge in [0.1, 0.15) is 0 Å². The van der Waals surface area contributed by atoms with E-state index in [0.29, 0.717) is 25.9 Å². The topological polar surface area (TPSA) is 81.7 Å². The van der Waals surface area contributed by atoms with Crippen LogP contribution in [0.3, 0.4) is 0 Å². The third-order valence-corrected chi connectivity index (χ3v) is 3.98. The standard InChI is InChI=1S/C14H25N3O3.ClH/c1-2-4-13(19)16-10-5-3-6-17(9-10)14(20)12-7-11(18)8-15-12;/h10-12,15,18H,2-9H2,1H3,(H,16,19);1H. The second kappa shape index (κ2) is 8.56.